The molecule has 0 aromatic carbocycles. The summed E-state index contributed by atoms with van der Waals surface area (Å²) in [5.41, 5.74) is -0.246. The van der Waals surface area contributed by atoms with Crippen LogP contribution in [0.15, 0.2) is 0 Å². The molecule has 6 heteroatoms. The van der Waals surface area contributed by atoms with Crippen LogP contribution in [0.3, 0.4) is 0 Å². The number of nitrogens with one attached hydrogen (secondary N) is 1. The van der Waals surface area contributed by atoms with Crippen molar-refractivity contribution in [2.45, 2.75) is 51.4 Å². The van der Waals surface area contributed by atoms with Crippen LogP contribution in [0.25, 0.3) is 0 Å². The fourth-order valence-corrected chi connectivity index (χ4v) is 1.42. The molecule has 0 bridgehead atoms. The average Bonchev–Trinajstić information content (AvgIpc) is 2.98. The molecule has 1 N–H and O–H groups in total. The van der Waals surface area contributed by atoms with E-state index in [0.29, 0.717) is 12.6 Å². The van der Waals surface area contributed by atoms with Gasteiger partial charge in [-0.25, -0.2) is 4.68 Å². The first-order valence-corrected chi connectivity index (χ1v) is 5.64. The molecule has 16 heavy (non-hydrogen) atoms. The Balaban J connectivity index is 1.94. The Kier molecular flexibility index (Phi) is 3.20. The van der Waals surface area contributed by atoms with E-state index < -0.39 is 0 Å². The molecule has 0 amide bonds. The van der Waals surface area contributed by atoms with E-state index in [-0.39, 0.29) is 5.60 Å². The van der Waals surface area contributed by atoms with Gasteiger partial charge in [0.25, 0.3) is 0 Å². The zero-order valence-corrected chi connectivity index (χ0v) is 10.1. The summed E-state index contributed by atoms with van der Waals surface area (Å²) in [6.45, 7) is 5.44. The lowest BCUT2D eigenvalue weighted by atomic mass is 10.1. The van der Waals surface area contributed by atoms with Crippen LogP contribution in [-0.4, -0.2) is 39.0 Å². The van der Waals surface area contributed by atoms with Gasteiger partial charge in [-0.1, -0.05) is 0 Å². The van der Waals surface area contributed by atoms with E-state index in [4.69, 9.17) is 4.74 Å². The maximum absolute atomic E-state index is 5.37. The van der Waals surface area contributed by atoms with Crippen molar-refractivity contribution in [1.29, 1.82) is 0 Å². The van der Waals surface area contributed by atoms with Crippen molar-refractivity contribution < 1.29 is 4.74 Å². The van der Waals surface area contributed by atoms with Crippen molar-refractivity contribution in [2.24, 2.45) is 0 Å². The Labute approximate surface area is 95.4 Å². The van der Waals surface area contributed by atoms with Gasteiger partial charge in [0.1, 0.15) is 0 Å². The van der Waals surface area contributed by atoms with Crippen molar-refractivity contribution >= 4 is 0 Å². The van der Waals surface area contributed by atoms with Crippen molar-refractivity contribution in [3.05, 3.63) is 5.82 Å². The molecule has 0 saturated heterocycles. The second kappa shape index (κ2) is 4.47. The largest absolute Gasteiger partial charge is 0.377 e. The zero-order chi connectivity index (χ0) is 11.6. The van der Waals surface area contributed by atoms with Gasteiger partial charge in [0.15, 0.2) is 5.82 Å². The van der Waals surface area contributed by atoms with Gasteiger partial charge >= 0.3 is 0 Å². The molecular weight excluding hydrogens is 206 g/mol. The first kappa shape index (κ1) is 11.5. The quantitative estimate of drug-likeness (QED) is 0.756. The molecule has 0 spiro atoms. The van der Waals surface area contributed by atoms with E-state index in [0.717, 1.165) is 12.4 Å². The van der Waals surface area contributed by atoms with Gasteiger partial charge < -0.3 is 10.1 Å². The first-order chi connectivity index (χ1) is 7.61. The molecule has 0 aliphatic heterocycles. The molecule has 6 nitrogen and oxygen atoms in total. The number of tetrazole rings is 1. The van der Waals surface area contributed by atoms with E-state index in [2.05, 4.69) is 20.8 Å². The molecule has 1 aliphatic carbocycles. The van der Waals surface area contributed by atoms with Gasteiger partial charge in [-0.05, 0) is 37.1 Å². The third-order valence-electron chi connectivity index (χ3n) is 2.82. The molecule has 90 valence electrons. The third kappa shape index (κ3) is 2.99. The number of methoxy groups -OCH3 is 1. The molecule has 1 aromatic heterocycles. The average molecular weight is 225 g/mol. The number of hydrogen-bond donors (Lipinski definition) is 1. The van der Waals surface area contributed by atoms with Crippen molar-refractivity contribution in [2.75, 3.05) is 7.11 Å². The highest BCUT2D eigenvalue weighted by molar-refractivity contribution is 4.88. The summed E-state index contributed by atoms with van der Waals surface area (Å²) in [6.07, 6.45) is 2.54. The molecule has 0 atom stereocenters. The van der Waals surface area contributed by atoms with E-state index in [1.807, 2.05) is 13.8 Å². The van der Waals surface area contributed by atoms with Crippen molar-refractivity contribution in [1.82, 2.24) is 25.5 Å². The van der Waals surface area contributed by atoms with Crippen LogP contribution >= 0.6 is 0 Å². The minimum absolute atomic E-state index is 0.246. The zero-order valence-electron chi connectivity index (χ0n) is 10.1. The van der Waals surface area contributed by atoms with Gasteiger partial charge in [-0.2, -0.15) is 0 Å². The molecule has 1 heterocycles. The van der Waals surface area contributed by atoms with Crippen molar-refractivity contribution in [3.8, 4) is 0 Å². The first-order valence-electron chi connectivity index (χ1n) is 5.64. The fraction of sp³-hybridized carbons (Fsp3) is 0.900. The van der Waals surface area contributed by atoms with E-state index in [1.54, 1.807) is 11.8 Å². The Morgan fingerprint density at radius 3 is 2.88 bits per heavy atom. The van der Waals surface area contributed by atoms with Crippen LogP contribution in [0.4, 0.5) is 0 Å². The predicted octanol–water partition coefficient (Wildman–Crippen LogP) is 0.350. The van der Waals surface area contributed by atoms with E-state index >= 15 is 0 Å². The molecule has 0 radical (unpaired) electrons. The topological polar surface area (TPSA) is 64.9 Å². The lowest BCUT2D eigenvalue weighted by molar-refractivity contribution is 0.00423. The highest BCUT2D eigenvalue weighted by Crippen LogP contribution is 2.19. The van der Waals surface area contributed by atoms with Gasteiger partial charge in [-0.15, -0.1) is 5.10 Å². The highest BCUT2D eigenvalue weighted by Gasteiger charge is 2.23. The summed E-state index contributed by atoms with van der Waals surface area (Å²) < 4.78 is 7.17. The van der Waals surface area contributed by atoms with E-state index in [9.17, 15) is 0 Å². The Morgan fingerprint density at radius 1 is 1.50 bits per heavy atom. The monoisotopic (exact) mass is 225 g/mol. The minimum atomic E-state index is -0.246. The lowest BCUT2D eigenvalue weighted by Crippen LogP contribution is -2.31. The number of aromatic nitrogens is 4. The van der Waals surface area contributed by atoms with Gasteiger partial charge in [0, 0.05) is 13.2 Å². The normalized spacial score (nSPS) is 16.7. The van der Waals surface area contributed by atoms with Gasteiger partial charge in [0.05, 0.1) is 18.7 Å². The highest BCUT2D eigenvalue weighted by atomic mass is 16.5. The standard InChI is InChI=1S/C10H19N5O/c1-10(2,16-3)7-15-9(12-13-14-15)6-11-8-4-5-8/h8,11H,4-7H2,1-3H3. The van der Waals surface area contributed by atoms with Crippen LogP contribution in [0.5, 0.6) is 0 Å². The molecule has 1 fully saturated rings. The molecule has 0 unspecified atom stereocenters. The Morgan fingerprint density at radius 2 is 2.25 bits per heavy atom. The predicted molar refractivity (Wildman–Crippen MR) is 58.8 cm³/mol. The molecular formula is C10H19N5O. The number of nitrogens with zero attached hydrogens (tertiary/aromatic N) is 4. The summed E-state index contributed by atoms with van der Waals surface area (Å²) in [5.74, 6) is 0.872. The summed E-state index contributed by atoms with van der Waals surface area (Å²) in [4.78, 5) is 0. The van der Waals surface area contributed by atoms with Crippen LogP contribution in [0.1, 0.15) is 32.5 Å². The third-order valence-corrected chi connectivity index (χ3v) is 2.82. The number of hydrogen-bond acceptors (Lipinski definition) is 5. The second-order valence-electron chi connectivity index (χ2n) is 4.87. The van der Waals surface area contributed by atoms with Gasteiger partial charge in [0.2, 0.25) is 0 Å². The number of ether oxygens (including phenoxy) is 1. The molecule has 1 saturated carbocycles. The van der Waals surface area contributed by atoms with Gasteiger partial charge in [-0.3, -0.25) is 0 Å². The SMILES string of the molecule is COC(C)(C)Cn1nnnc1CNC1CC1. The summed E-state index contributed by atoms with van der Waals surface area (Å²) in [7, 11) is 1.70. The fourth-order valence-electron chi connectivity index (χ4n) is 1.42. The second-order valence-corrected chi connectivity index (χ2v) is 4.87. The maximum Gasteiger partial charge on any atom is 0.165 e. The Bertz CT molecular complexity index is 345. The van der Waals surface area contributed by atoms with Crippen LogP contribution in [0, 0.1) is 0 Å². The minimum Gasteiger partial charge on any atom is -0.377 e. The molecule has 1 aromatic rings. The van der Waals surface area contributed by atoms with Crippen molar-refractivity contribution in [3.63, 3.8) is 0 Å². The van der Waals surface area contributed by atoms with Crippen LogP contribution < -0.4 is 5.32 Å². The summed E-state index contributed by atoms with van der Waals surface area (Å²) in [5, 5.41) is 15.1. The van der Waals surface area contributed by atoms with E-state index in [1.165, 1.54) is 12.8 Å². The number of rotatable bonds is 6. The summed E-state index contributed by atoms with van der Waals surface area (Å²) in [6, 6.07) is 0.667. The summed E-state index contributed by atoms with van der Waals surface area (Å²) >= 11 is 0. The lowest BCUT2D eigenvalue weighted by Gasteiger charge is -2.22. The molecule has 2 rings (SSSR count). The maximum atomic E-state index is 5.37. The smallest absolute Gasteiger partial charge is 0.165 e. The Hall–Kier alpha value is -1.01. The van der Waals surface area contributed by atoms with Crippen LogP contribution in [0.2, 0.25) is 0 Å². The molecule has 1 aliphatic rings. The van der Waals surface area contributed by atoms with Crippen LogP contribution in [-0.2, 0) is 17.8 Å².